The van der Waals surface area contributed by atoms with Gasteiger partial charge in [-0.1, -0.05) is 42.1 Å². The van der Waals surface area contributed by atoms with Crippen molar-refractivity contribution >= 4 is 29.1 Å². The molecule has 0 spiro atoms. The summed E-state index contributed by atoms with van der Waals surface area (Å²) in [5, 5.41) is 2.93. The highest BCUT2D eigenvalue weighted by molar-refractivity contribution is 7.99. The quantitative estimate of drug-likeness (QED) is 0.441. The minimum Gasteiger partial charge on any atom is -0.346 e. The van der Waals surface area contributed by atoms with Crippen molar-refractivity contribution in [2.24, 2.45) is 4.99 Å². The minimum atomic E-state index is -0.158. The van der Waals surface area contributed by atoms with Crippen LogP contribution in [-0.4, -0.2) is 21.6 Å². The van der Waals surface area contributed by atoms with Gasteiger partial charge in [-0.05, 0) is 48.5 Å². The Morgan fingerprint density at radius 2 is 1.65 bits per heavy atom. The summed E-state index contributed by atoms with van der Waals surface area (Å²) in [6, 6.07) is 25.2. The summed E-state index contributed by atoms with van der Waals surface area (Å²) in [5.74, 6) is -0.158. The molecule has 6 heteroatoms. The number of amides is 1. The molecule has 1 amide bonds. The van der Waals surface area contributed by atoms with Crippen LogP contribution in [0.3, 0.4) is 0 Å². The summed E-state index contributed by atoms with van der Waals surface area (Å²) in [6.07, 6.45) is 3.48. The van der Waals surface area contributed by atoms with E-state index in [0.29, 0.717) is 12.1 Å². The zero-order valence-corrected chi connectivity index (χ0v) is 17.3. The van der Waals surface area contributed by atoms with E-state index >= 15 is 0 Å². The number of carbonyl (C=O) groups excluding carboxylic acids is 1. The molecule has 0 bridgehead atoms. The lowest BCUT2D eigenvalue weighted by molar-refractivity contribution is 0.0950. The Morgan fingerprint density at radius 3 is 2.45 bits per heavy atom. The fourth-order valence-electron chi connectivity index (χ4n) is 3.36. The number of nitrogens with zero attached hydrogens (tertiary/aromatic N) is 3. The number of hydrogen-bond donors (Lipinski definition) is 1. The summed E-state index contributed by atoms with van der Waals surface area (Å²) in [6.45, 7) is 0.374. The molecule has 31 heavy (non-hydrogen) atoms. The maximum atomic E-state index is 12.8. The van der Waals surface area contributed by atoms with Crippen molar-refractivity contribution in [3.63, 3.8) is 0 Å². The number of hydrogen-bond acceptors (Lipinski definition) is 5. The molecule has 0 saturated heterocycles. The molecule has 3 heterocycles. The van der Waals surface area contributed by atoms with Crippen molar-refractivity contribution in [2.45, 2.75) is 16.3 Å². The highest BCUT2D eigenvalue weighted by Crippen LogP contribution is 2.41. The highest BCUT2D eigenvalue weighted by Gasteiger charge is 2.20. The molecule has 1 aliphatic heterocycles. The second kappa shape index (κ2) is 8.53. The number of fused-ring (bicyclic) bond motifs is 2. The first-order valence-corrected chi connectivity index (χ1v) is 10.7. The average molecular weight is 423 g/mol. The predicted molar refractivity (Wildman–Crippen MR) is 122 cm³/mol. The second-order valence-electron chi connectivity index (χ2n) is 6.96. The molecule has 0 saturated carbocycles. The number of pyridine rings is 2. The van der Waals surface area contributed by atoms with E-state index in [-0.39, 0.29) is 5.91 Å². The van der Waals surface area contributed by atoms with Gasteiger partial charge in [-0.15, -0.1) is 0 Å². The lowest BCUT2D eigenvalue weighted by Gasteiger charge is -2.08. The lowest BCUT2D eigenvalue weighted by Crippen LogP contribution is -2.23. The Hall–Kier alpha value is -3.77. The number of aromatic nitrogens is 2. The largest absolute Gasteiger partial charge is 0.346 e. The Balaban J connectivity index is 1.51. The van der Waals surface area contributed by atoms with E-state index in [1.807, 2.05) is 66.7 Å². The summed E-state index contributed by atoms with van der Waals surface area (Å²) >= 11 is 1.65. The van der Waals surface area contributed by atoms with Gasteiger partial charge in [-0.25, -0.2) is 4.99 Å². The van der Waals surface area contributed by atoms with Crippen molar-refractivity contribution in [3.05, 3.63) is 114 Å². The number of nitrogens with one attached hydrogen (secondary N) is 1. The molecule has 1 aliphatic rings. The minimum absolute atomic E-state index is 0.158. The van der Waals surface area contributed by atoms with Crippen molar-refractivity contribution in [3.8, 4) is 0 Å². The summed E-state index contributed by atoms with van der Waals surface area (Å²) in [7, 11) is 0. The van der Waals surface area contributed by atoms with Crippen LogP contribution in [0.25, 0.3) is 0 Å². The van der Waals surface area contributed by atoms with Gasteiger partial charge >= 0.3 is 0 Å². The van der Waals surface area contributed by atoms with Gasteiger partial charge < -0.3 is 5.32 Å². The van der Waals surface area contributed by atoms with Crippen LogP contribution in [0.2, 0.25) is 0 Å². The van der Waals surface area contributed by atoms with E-state index < -0.39 is 0 Å². The molecule has 0 aliphatic carbocycles. The lowest BCUT2D eigenvalue weighted by atomic mass is 10.1. The fraction of sp³-hybridized carbons (Fsp3) is 0.0400. The Morgan fingerprint density at radius 1 is 0.839 bits per heavy atom. The zero-order chi connectivity index (χ0) is 21.0. The monoisotopic (exact) mass is 422 g/mol. The first-order chi connectivity index (χ1) is 15.3. The van der Waals surface area contributed by atoms with E-state index in [2.05, 4.69) is 27.4 Å². The maximum absolute atomic E-state index is 12.8. The number of aliphatic imine (C=N–C) groups is 1. The van der Waals surface area contributed by atoms with Crippen molar-refractivity contribution < 1.29 is 4.79 Å². The van der Waals surface area contributed by atoms with Gasteiger partial charge in [0.1, 0.15) is 0 Å². The van der Waals surface area contributed by atoms with Crippen LogP contribution >= 0.6 is 11.8 Å². The van der Waals surface area contributed by atoms with Gasteiger partial charge in [0.2, 0.25) is 0 Å². The van der Waals surface area contributed by atoms with Gasteiger partial charge in [0.05, 0.1) is 29.3 Å². The molecule has 0 fully saturated rings. The standard InChI is InChI=1S/C25H18N4OS/c30-25(28-16-18-7-3-5-13-26-18)17-11-12-23-21(15-17)29-24(20-9-4-6-14-27-20)19-8-1-2-10-22(19)31-23/h1-15H,16H2,(H,28,30). The predicted octanol–water partition coefficient (Wildman–Crippen LogP) is 5.04. The SMILES string of the molecule is O=C(NCc1ccccn1)c1ccc2c(c1)N=C(c1ccccn1)c1ccccc1S2. The van der Waals surface area contributed by atoms with Crippen LogP contribution in [-0.2, 0) is 6.54 Å². The first-order valence-electron chi connectivity index (χ1n) is 9.87. The third-order valence-electron chi connectivity index (χ3n) is 4.88. The normalized spacial score (nSPS) is 12.2. The van der Waals surface area contributed by atoms with Crippen LogP contribution in [0, 0.1) is 0 Å². The topological polar surface area (TPSA) is 67.2 Å². The van der Waals surface area contributed by atoms with E-state index in [0.717, 1.165) is 38.1 Å². The van der Waals surface area contributed by atoms with Gasteiger partial charge in [-0.3, -0.25) is 14.8 Å². The third-order valence-corrected chi connectivity index (χ3v) is 6.02. The number of benzene rings is 2. The molecule has 5 rings (SSSR count). The first kappa shape index (κ1) is 19.2. The number of carbonyl (C=O) groups is 1. The van der Waals surface area contributed by atoms with Crippen molar-refractivity contribution in [1.82, 2.24) is 15.3 Å². The molecule has 2 aromatic heterocycles. The van der Waals surface area contributed by atoms with Gasteiger partial charge in [0.25, 0.3) is 5.91 Å². The Labute approximate surface area is 184 Å². The highest BCUT2D eigenvalue weighted by atomic mass is 32.2. The molecule has 150 valence electrons. The molecule has 0 radical (unpaired) electrons. The second-order valence-corrected chi connectivity index (χ2v) is 8.04. The molecule has 0 atom stereocenters. The van der Waals surface area contributed by atoms with Crippen molar-refractivity contribution in [2.75, 3.05) is 0 Å². The van der Waals surface area contributed by atoms with Crippen molar-refractivity contribution in [1.29, 1.82) is 0 Å². The van der Waals surface area contributed by atoms with E-state index in [1.54, 1.807) is 24.2 Å². The van der Waals surface area contributed by atoms with Gasteiger partial charge in [-0.2, -0.15) is 0 Å². The van der Waals surface area contributed by atoms with E-state index in [1.165, 1.54) is 0 Å². The van der Waals surface area contributed by atoms with E-state index in [4.69, 9.17) is 4.99 Å². The molecular formula is C25H18N4OS. The van der Waals surface area contributed by atoms with Crippen LogP contribution in [0.5, 0.6) is 0 Å². The fourth-order valence-corrected chi connectivity index (χ4v) is 4.36. The molecular weight excluding hydrogens is 404 g/mol. The van der Waals surface area contributed by atoms with E-state index in [9.17, 15) is 4.79 Å². The van der Waals surface area contributed by atoms with Crippen LogP contribution < -0.4 is 5.32 Å². The molecule has 2 aromatic carbocycles. The Bertz CT molecular complexity index is 1270. The average Bonchev–Trinajstić information content (AvgIpc) is 3.00. The molecule has 0 unspecified atom stereocenters. The number of rotatable bonds is 4. The van der Waals surface area contributed by atoms with Crippen LogP contribution in [0.1, 0.15) is 27.3 Å². The summed E-state index contributed by atoms with van der Waals surface area (Å²) in [5.41, 5.74) is 4.76. The third kappa shape index (κ3) is 4.11. The molecule has 1 N–H and O–H groups in total. The van der Waals surface area contributed by atoms with Gasteiger partial charge in [0.15, 0.2) is 0 Å². The molecule has 4 aromatic rings. The Kier molecular flexibility index (Phi) is 5.29. The summed E-state index contributed by atoms with van der Waals surface area (Å²) < 4.78 is 0. The van der Waals surface area contributed by atoms with Gasteiger partial charge in [0, 0.05) is 33.3 Å². The van der Waals surface area contributed by atoms with Crippen LogP contribution in [0.4, 0.5) is 5.69 Å². The molecule has 5 nitrogen and oxygen atoms in total. The summed E-state index contributed by atoms with van der Waals surface area (Å²) in [4.78, 5) is 28.6. The smallest absolute Gasteiger partial charge is 0.251 e. The maximum Gasteiger partial charge on any atom is 0.251 e. The van der Waals surface area contributed by atoms with Crippen LogP contribution in [0.15, 0.2) is 106 Å². The zero-order valence-electron chi connectivity index (χ0n) is 16.5.